The molecular weight excluding hydrogens is 224 g/mol. The predicted molar refractivity (Wildman–Crippen MR) is 71.1 cm³/mol. The highest BCUT2D eigenvalue weighted by atomic mass is 16.5. The lowest BCUT2D eigenvalue weighted by molar-refractivity contribution is 0.0865. The van der Waals surface area contributed by atoms with Crippen molar-refractivity contribution in [1.82, 2.24) is 0 Å². The number of Topliss-reactive ketones (excluding diaryl/α,β-unsaturated/α-hetero) is 1. The van der Waals surface area contributed by atoms with Crippen LogP contribution in [0.5, 0.6) is 5.75 Å². The summed E-state index contributed by atoms with van der Waals surface area (Å²) in [5, 5.41) is 0. The summed E-state index contributed by atoms with van der Waals surface area (Å²) in [6.07, 6.45) is 5.49. The molecule has 1 aromatic rings. The third-order valence-corrected chi connectivity index (χ3v) is 4.29. The average molecular weight is 244 g/mol. The van der Waals surface area contributed by atoms with E-state index in [2.05, 4.69) is 13.0 Å². The zero-order valence-electron chi connectivity index (χ0n) is 10.9. The molecule has 0 aromatic heterocycles. The Kier molecular flexibility index (Phi) is 3.11. The first-order chi connectivity index (χ1) is 8.75. The number of carbonyl (C=O) groups excluding carboxylic acids is 1. The van der Waals surface area contributed by atoms with Gasteiger partial charge in [0.05, 0.1) is 12.2 Å². The van der Waals surface area contributed by atoms with Crippen LogP contribution in [0.3, 0.4) is 0 Å². The van der Waals surface area contributed by atoms with Crippen molar-refractivity contribution in [2.24, 2.45) is 11.8 Å². The largest absolute Gasteiger partial charge is 0.492 e. The van der Waals surface area contributed by atoms with Crippen LogP contribution >= 0.6 is 0 Å². The van der Waals surface area contributed by atoms with Crippen LogP contribution in [-0.4, -0.2) is 12.4 Å². The summed E-state index contributed by atoms with van der Waals surface area (Å²) in [4.78, 5) is 12.6. The van der Waals surface area contributed by atoms with Crippen molar-refractivity contribution in [2.45, 2.75) is 39.0 Å². The van der Waals surface area contributed by atoms with E-state index >= 15 is 0 Å². The van der Waals surface area contributed by atoms with Crippen LogP contribution in [-0.2, 0) is 6.42 Å². The Bertz CT molecular complexity index is 464. The van der Waals surface area contributed by atoms with Gasteiger partial charge in [0.1, 0.15) is 5.75 Å². The van der Waals surface area contributed by atoms with Crippen molar-refractivity contribution >= 4 is 5.78 Å². The first kappa shape index (κ1) is 11.8. The summed E-state index contributed by atoms with van der Waals surface area (Å²) in [6, 6.07) is 6.00. The van der Waals surface area contributed by atoms with Gasteiger partial charge in [-0.15, -0.1) is 0 Å². The van der Waals surface area contributed by atoms with Crippen molar-refractivity contribution in [3.63, 3.8) is 0 Å². The minimum absolute atomic E-state index is 0.212. The maximum absolute atomic E-state index is 12.6. The maximum atomic E-state index is 12.6. The molecular formula is C16H20O2. The summed E-state index contributed by atoms with van der Waals surface area (Å²) >= 11 is 0. The molecule has 18 heavy (non-hydrogen) atoms. The van der Waals surface area contributed by atoms with Gasteiger partial charge >= 0.3 is 0 Å². The number of carbonyl (C=O) groups is 1. The van der Waals surface area contributed by atoms with Gasteiger partial charge in [0.25, 0.3) is 0 Å². The Balaban J connectivity index is 1.86. The Morgan fingerprint density at radius 1 is 1.33 bits per heavy atom. The molecule has 1 saturated carbocycles. The van der Waals surface area contributed by atoms with Gasteiger partial charge in [-0.2, -0.15) is 0 Å². The number of hydrogen-bond donors (Lipinski definition) is 0. The molecule has 0 amide bonds. The molecule has 0 radical (unpaired) electrons. The second-order valence-corrected chi connectivity index (χ2v) is 5.73. The van der Waals surface area contributed by atoms with E-state index in [0.29, 0.717) is 11.7 Å². The number of fused-ring (bicyclic) bond motifs is 1. The molecule has 96 valence electrons. The Morgan fingerprint density at radius 3 is 3.06 bits per heavy atom. The molecule has 2 aliphatic rings. The molecule has 0 N–H and O–H groups in total. The van der Waals surface area contributed by atoms with E-state index < -0.39 is 0 Å². The van der Waals surface area contributed by atoms with Crippen LogP contribution < -0.4 is 4.74 Å². The molecule has 1 heterocycles. The first-order valence-corrected chi connectivity index (χ1v) is 7.04. The fourth-order valence-corrected chi connectivity index (χ4v) is 3.30. The van der Waals surface area contributed by atoms with Gasteiger partial charge in [-0.3, -0.25) is 4.79 Å². The Hall–Kier alpha value is -1.31. The van der Waals surface area contributed by atoms with Gasteiger partial charge in [0.15, 0.2) is 5.78 Å². The van der Waals surface area contributed by atoms with Crippen LogP contribution in [0, 0.1) is 11.8 Å². The number of ketones is 1. The molecule has 0 spiro atoms. The normalized spacial score (nSPS) is 26.5. The number of hydrogen-bond acceptors (Lipinski definition) is 2. The topological polar surface area (TPSA) is 26.3 Å². The number of rotatable bonds is 2. The van der Waals surface area contributed by atoms with E-state index in [1.54, 1.807) is 0 Å². The second kappa shape index (κ2) is 4.75. The van der Waals surface area contributed by atoms with Crippen LogP contribution in [0.2, 0.25) is 0 Å². The standard InChI is InChI=1S/C16H20O2/c1-11-4-2-6-13(10-11)15(17)14-7-3-5-12-8-9-18-16(12)14/h3,5,7,11,13H,2,4,6,8-10H2,1H3. The van der Waals surface area contributed by atoms with Crippen molar-refractivity contribution in [2.75, 3.05) is 6.61 Å². The van der Waals surface area contributed by atoms with Gasteiger partial charge in [-0.1, -0.05) is 31.9 Å². The lowest BCUT2D eigenvalue weighted by atomic mass is 9.78. The molecule has 1 aliphatic carbocycles. The zero-order chi connectivity index (χ0) is 12.5. The molecule has 0 saturated heterocycles. The monoisotopic (exact) mass is 244 g/mol. The Labute approximate surface area is 108 Å². The molecule has 2 heteroatoms. The van der Waals surface area contributed by atoms with Crippen molar-refractivity contribution in [3.8, 4) is 5.75 Å². The molecule has 2 unspecified atom stereocenters. The summed E-state index contributed by atoms with van der Waals surface area (Å²) in [5.74, 6) is 2.07. The summed E-state index contributed by atoms with van der Waals surface area (Å²) in [7, 11) is 0. The molecule has 1 aliphatic heterocycles. The number of benzene rings is 1. The smallest absolute Gasteiger partial charge is 0.169 e. The minimum Gasteiger partial charge on any atom is -0.492 e. The van der Waals surface area contributed by atoms with E-state index in [1.807, 2.05) is 12.1 Å². The predicted octanol–water partition coefficient (Wildman–Crippen LogP) is 3.63. The van der Waals surface area contributed by atoms with Gasteiger partial charge in [0, 0.05) is 12.3 Å². The van der Waals surface area contributed by atoms with Crippen molar-refractivity contribution in [3.05, 3.63) is 29.3 Å². The van der Waals surface area contributed by atoms with Gasteiger partial charge in [-0.05, 0) is 30.4 Å². The fraction of sp³-hybridized carbons (Fsp3) is 0.562. The lowest BCUT2D eigenvalue weighted by Gasteiger charge is -2.26. The SMILES string of the molecule is CC1CCCC(C(=O)c2cccc3c2OCC3)C1. The molecule has 2 atom stereocenters. The third kappa shape index (κ3) is 2.05. The van der Waals surface area contributed by atoms with E-state index in [0.717, 1.165) is 37.2 Å². The average Bonchev–Trinajstić information content (AvgIpc) is 2.86. The molecule has 1 fully saturated rings. The summed E-state index contributed by atoms with van der Waals surface area (Å²) < 4.78 is 5.65. The van der Waals surface area contributed by atoms with Crippen LogP contribution in [0.15, 0.2) is 18.2 Å². The van der Waals surface area contributed by atoms with Gasteiger partial charge in [-0.25, -0.2) is 0 Å². The first-order valence-electron chi connectivity index (χ1n) is 7.04. The number of para-hydroxylation sites is 1. The van der Waals surface area contributed by atoms with Crippen LogP contribution in [0.1, 0.15) is 48.5 Å². The van der Waals surface area contributed by atoms with Crippen LogP contribution in [0.4, 0.5) is 0 Å². The zero-order valence-corrected chi connectivity index (χ0v) is 10.9. The van der Waals surface area contributed by atoms with Crippen molar-refractivity contribution in [1.29, 1.82) is 0 Å². The quantitative estimate of drug-likeness (QED) is 0.743. The molecule has 0 bridgehead atoms. The highest BCUT2D eigenvalue weighted by molar-refractivity contribution is 6.00. The Morgan fingerprint density at radius 2 is 2.22 bits per heavy atom. The van der Waals surface area contributed by atoms with Crippen molar-refractivity contribution < 1.29 is 9.53 Å². The molecule has 2 nitrogen and oxygen atoms in total. The van der Waals surface area contributed by atoms with E-state index in [4.69, 9.17) is 4.74 Å². The van der Waals surface area contributed by atoms with Gasteiger partial charge in [0.2, 0.25) is 0 Å². The van der Waals surface area contributed by atoms with E-state index in [9.17, 15) is 4.79 Å². The van der Waals surface area contributed by atoms with E-state index in [-0.39, 0.29) is 5.92 Å². The fourth-order valence-electron chi connectivity index (χ4n) is 3.30. The highest BCUT2D eigenvalue weighted by Gasteiger charge is 2.29. The summed E-state index contributed by atoms with van der Waals surface area (Å²) in [5.41, 5.74) is 2.02. The third-order valence-electron chi connectivity index (χ3n) is 4.29. The summed E-state index contributed by atoms with van der Waals surface area (Å²) in [6.45, 7) is 2.98. The maximum Gasteiger partial charge on any atom is 0.169 e. The highest BCUT2D eigenvalue weighted by Crippen LogP contribution is 2.36. The minimum atomic E-state index is 0.212. The van der Waals surface area contributed by atoms with Crippen LogP contribution in [0.25, 0.3) is 0 Å². The van der Waals surface area contributed by atoms with E-state index in [1.165, 1.54) is 18.4 Å². The molecule has 3 rings (SSSR count). The van der Waals surface area contributed by atoms with Gasteiger partial charge < -0.3 is 4.74 Å². The molecule has 1 aromatic carbocycles. The number of ether oxygens (including phenoxy) is 1. The lowest BCUT2D eigenvalue weighted by Crippen LogP contribution is -2.22. The second-order valence-electron chi connectivity index (χ2n) is 5.73.